The molecule has 6 heteroatoms. The minimum Gasteiger partial charge on any atom is -0.456 e. The van der Waals surface area contributed by atoms with E-state index in [-0.39, 0.29) is 39.3 Å². The average Bonchev–Trinajstić information content (AvgIpc) is 2.76. The summed E-state index contributed by atoms with van der Waals surface area (Å²) in [7, 11) is 0. The topological polar surface area (TPSA) is 36.0 Å². The van der Waals surface area contributed by atoms with Crippen LogP contribution in [-0.2, 0) is 27.1 Å². The van der Waals surface area contributed by atoms with Gasteiger partial charge in [-0.2, -0.15) is 0 Å². The molecule has 0 radical (unpaired) electrons. The van der Waals surface area contributed by atoms with Gasteiger partial charge in [-0.3, -0.25) is 0 Å². The summed E-state index contributed by atoms with van der Waals surface area (Å²) in [6, 6.07) is 56.3. The van der Waals surface area contributed by atoms with Crippen LogP contribution in [0.15, 0.2) is 154 Å². The molecule has 2 unspecified atom stereocenters. The molecular formula is C72H70BN3O2. The first-order valence-corrected chi connectivity index (χ1v) is 29.3. The first-order valence-electron chi connectivity index (χ1n) is 29.3. The predicted molar refractivity (Wildman–Crippen MR) is 328 cm³/mol. The third-order valence-corrected chi connectivity index (χ3v) is 21.5. The molecule has 2 atom stereocenters. The molecule has 16 rings (SSSR count). The molecule has 2 aromatic heterocycles. The second kappa shape index (κ2) is 15.3. The van der Waals surface area contributed by atoms with Gasteiger partial charge in [-0.1, -0.05) is 160 Å². The number of hydrogen-bond acceptors (Lipinski definition) is 5. The van der Waals surface area contributed by atoms with E-state index in [0.29, 0.717) is 0 Å². The van der Waals surface area contributed by atoms with Crippen molar-refractivity contribution in [2.75, 3.05) is 14.7 Å². The van der Waals surface area contributed by atoms with E-state index in [0.717, 1.165) is 87.4 Å². The van der Waals surface area contributed by atoms with E-state index in [1.165, 1.54) is 97.6 Å². The molecule has 5 nitrogen and oxygen atoms in total. The van der Waals surface area contributed by atoms with Crippen molar-refractivity contribution in [3.05, 3.63) is 173 Å². The predicted octanol–water partition coefficient (Wildman–Crippen LogP) is 18.0. The van der Waals surface area contributed by atoms with Crippen LogP contribution >= 0.6 is 0 Å². The maximum atomic E-state index is 7.18. The molecule has 0 amide bonds. The van der Waals surface area contributed by atoms with E-state index in [9.17, 15) is 0 Å². The lowest BCUT2D eigenvalue weighted by atomic mass is 9.33. The summed E-state index contributed by atoms with van der Waals surface area (Å²) in [6.45, 7) is 24.9. The highest BCUT2D eigenvalue weighted by Gasteiger charge is 2.58. The Balaban J connectivity index is 1.10. The Morgan fingerprint density at radius 1 is 0.397 bits per heavy atom. The molecule has 388 valence electrons. The van der Waals surface area contributed by atoms with Gasteiger partial charge in [-0.05, 0) is 172 Å². The second-order valence-electron chi connectivity index (χ2n) is 27.6. The maximum Gasteiger partial charge on any atom is 0.252 e. The van der Waals surface area contributed by atoms with Gasteiger partial charge in [0.1, 0.15) is 16.7 Å². The largest absolute Gasteiger partial charge is 0.456 e. The molecule has 0 N–H and O–H groups in total. The lowest BCUT2D eigenvalue weighted by molar-refractivity contribution is 0.195. The minimum atomic E-state index is -0.174. The molecule has 1 fully saturated rings. The van der Waals surface area contributed by atoms with Gasteiger partial charge in [0.2, 0.25) is 0 Å². The number of para-hydroxylation sites is 4. The molecule has 1 saturated carbocycles. The van der Waals surface area contributed by atoms with Crippen molar-refractivity contribution in [2.24, 2.45) is 0 Å². The molecule has 3 aliphatic heterocycles. The number of rotatable bonds is 3. The normalized spacial score (nSPS) is 22.7. The first kappa shape index (κ1) is 46.9. The van der Waals surface area contributed by atoms with Gasteiger partial charge in [0, 0.05) is 55.7 Å². The van der Waals surface area contributed by atoms with E-state index >= 15 is 0 Å². The smallest absolute Gasteiger partial charge is 0.252 e. The Labute approximate surface area is 460 Å². The van der Waals surface area contributed by atoms with Crippen LogP contribution in [0, 0.1) is 0 Å². The fraction of sp³-hybridized carbons (Fsp3) is 0.333. The van der Waals surface area contributed by atoms with Crippen LogP contribution in [0.4, 0.5) is 45.5 Å². The molecule has 6 aliphatic rings. The third kappa shape index (κ3) is 5.99. The minimum absolute atomic E-state index is 0.00444. The van der Waals surface area contributed by atoms with Gasteiger partial charge in [-0.25, -0.2) is 0 Å². The SMILES string of the molecule is CC1(C)CCC(C)(C)c2cc(N3c4cc5c(cc4B4c6ccc7oc8ccccc8c7c6N(c6cccc7c6oc6ccccc67)c6cc(N7c8ccccc8C8(C)CCCCC78C)cc3c64)C(C)(C)CCC5(C)C)ccc21. The van der Waals surface area contributed by atoms with Crippen molar-refractivity contribution in [3.8, 4) is 0 Å². The van der Waals surface area contributed by atoms with Crippen LogP contribution < -0.4 is 31.1 Å². The average molecular weight is 1020 g/mol. The standard InChI is InChI=1S/C72H70BN3O2/c1-67(2)34-35-68(3,4)50-38-43(28-29-48(50)67)74-57-42-52-51(69(5,6)36-37-70(52,7)8)41-54(57)73-53-30-31-62-63(47-21-12-16-27-61(47)77-62)65(53)75(56-25-19-22-46-45-20-11-15-26-60(45)78-66(46)56)59-40-44(39-58(74)64(59)73)76-55-24-14-13-23-49(55)71(9)32-17-18-33-72(71,76)10/h11-16,19-31,38-42H,17-18,32-37H2,1-10H3. The second-order valence-corrected chi connectivity index (χ2v) is 27.6. The summed E-state index contributed by atoms with van der Waals surface area (Å²) in [6.07, 6.45) is 9.32. The number of fused-ring (bicyclic) bond motifs is 16. The molecular weight excluding hydrogens is 950 g/mol. The van der Waals surface area contributed by atoms with E-state index in [4.69, 9.17) is 8.83 Å². The van der Waals surface area contributed by atoms with Crippen LogP contribution in [-0.4, -0.2) is 12.3 Å². The number of nitrogens with zero attached hydrogens (tertiary/aromatic N) is 3. The van der Waals surface area contributed by atoms with Crippen molar-refractivity contribution >= 4 is 112 Å². The van der Waals surface area contributed by atoms with Gasteiger partial charge in [0.05, 0.1) is 22.3 Å². The van der Waals surface area contributed by atoms with E-state index < -0.39 is 0 Å². The van der Waals surface area contributed by atoms with Crippen molar-refractivity contribution in [3.63, 3.8) is 0 Å². The fourth-order valence-corrected chi connectivity index (χ4v) is 16.7. The summed E-state index contributed by atoms with van der Waals surface area (Å²) in [5, 5.41) is 4.49. The summed E-state index contributed by atoms with van der Waals surface area (Å²) < 4.78 is 14.1. The number of benzene rings is 8. The molecule has 78 heavy (non-hydrogen) atoms. The Morgan fingerprint density at radius 3 is 1.76 bits per heavy atom. The molecule has 5 heterocycles. The van der Waals surface area contributed by atoms with Crippen LogP contribution in [0.25, 0.3) is 43.9 Å². The third-order valence-electron chi connectivity index (χ3n) is 21.5. The summed E-state index contributed by atoms with van der Waals surface area (Å²) >= 11 is 0. The molecule has 3 aliphatic carbocycles. The molecule has 8 aromatic carbocycles. The van der Waals surface area contributed by atoms with Gasteiger partial charge in [-0.15, -0.1) is 0 Å². The highest BCUT2D eigenvalue weighted by molar-refractivity contribution is 7.00. The van der Waals surface area contributed by atoms with Crippen molar-refractivity contribution < 1.29 is 8.83 Å². The molecule has 0 spiro atoms. The molecule has 0 bridgehead atoms. The highest BCUT2D eigenvalue weighted by Crippen LogP contribution is 2.63. The Bertz CT molecular complexity index is 4260. The van der Waals surface area contributed by atoms with Gasteiger partial charge in [0.25, 0.3) is 6.71 Å². The van der Waals surface area contributed by atoms with Crippen LogP contribution in [0.5, 0.6) is 0 Å². The molecule has 10 aromatic rings. The highest BCUT2D eigenvalue weighted by atomic mass is 16.3. The Kier molecular flexibility index (Phi) is 9.22. The lowest BCUT2D eigenvalue weighted by Gasteiger charge is -2.51. The quantitative estimate of drug-likeness (QED) is 0.165. The van der Waals surface area contributed by atoms with Crippen LogP contribution in [0.2, 0.25) is 0 Å². The number of anilines is 8. The first-order chi connectivity index (χ1) is 37.4. The lowest BCUT2D eigenvalue weighted by Crippen LogP contribution is -2.62. The van der Waals surface area contributed by atoms with Crippen molar-refractivity contribution in [2.45, 2.75) is 153 Å². The zero-order chi connectivity index (χ0) is 53.2. The Morgan fingerprint density at radius 2 is 1.00 bits per heavy atom. The van der Waals surface area contributed by atoms with E-state index in [1.54, 1.807) is 0 Å². The number of hydrogen-bond donors (Lipinski definition) is 0. The van der Waals surface area contributed by atoms with E-state index in [1.807, 2.05) is 0 Å². The number of furan rings is 2. The van der Waals surface area contributed by atoms with Gasteiger partial charge in [0.15, 0.2) is 5.58 Å². The summed E-state index contributed by atoms with van der Waals surface area (Å²) in [4.78, 5) is 8.17. The van der Waals surface area contributed by atoms with Gasteiger partial charge >= 0.3 is 0 Å². The maximum absolute atomic E-state index is 7.18. The van der Waals surface area contributed by atoms with Crippen LogP contribution in [0.1, 0.15) is 148 Å². The monoisotopic (exact) mass is 1020 g/mol. The Hall–Kier alpha value is -7.18. The fourth-order valence-electron chi connectivity index (χ4n) is 16.7. The summed E-state index contributed by atoms with van der Waals surface area (Å²) in [5.74, 6) is 0. The summed E-state index contributed by atoms with van der Waals surface area (Å²) in [5.41, 5.74) is 24.5. The van der Waals surface area contributed by atoms with Crippen molar-refractivity contribution in [1.82, 2.24) is 0 Å². The van der Waals surface area contributed by atoms with E-state index in [2.05, 4.69) is 230 Å². The zero-order valence-electron chi connectivity index (χ0n) is 47.2. The van der Waals surface area contributed by atoms with Crippen molar-refractivity contribution in [1.29, 1.82) is 0 Å². The zero-order valence-corrected chi connectivity index (χ0v) is 47.2. The van der Waals surface area contributed by atoms with Crippen LogP contribution in [0.3, 0.4) is 0 Å². The molecule has 0 saturated heterocycles. The van der Waals surface area contributed by atoms with Gasteiger partial charge < -0.3 is 23.5 Å².